The third kappa shape index (κ3) is 2.83. The molecule has 0 radical (unpaired) electrons. The summed E-state index contributed by atoms with van der Waals surface area (Å²) in [6.07, 6.45) is 7.22. The van der Waals surface area contributed by atoms with Crippen LogP contribution in [0.3, 0.4) is 0 Å². The van der Waals surface area contributed by atoms with Crippen molar-refractivity contribution in [3.63, 3.8) is 0 Å². The van der Waals surface area contributed by atoms with Crippen molar-refractivity contribution >= 4 is 5.91 Å². The van der Waals surface area contributed by atoms with Gasteiger partial charge in [-0.1, -0.05) is 12.8 Å². The van der Waals surface area contributed by atoms with E-state index in [9.17, 15) is 9.18 Å². The Bertz CT molecular complexity index is 722. The molecule has 2 aromatic rings. The Morgan fingerprint density at radius 1 is 1.12 bits per heavy atom. The first-order chi connectivity index (χ1) is 11.7. The highest BCUT2D eigenvalue weighted by Crippen LogP contribution is 2.36. The van der Waals surface area contributed by atoms with Crippen molar-refractivity contribution < 1.29 is 9.18 Å². The van der Waals surface area contributed by atoms with Crippen LogP contribution in [0.25, 0.3) is 11.3 Å². The van der Waals surface area contributed by atoms with Gasteiger partial charge in [0.15, 0.2) is 0 Å². The molecule has 0 spiro atoms. The number of H-pyrrole nitrogens is 1. The summed E-state index contributed by atoms with van der Waals surface area (Å²) in [7, 11) is 0. The van der Waals surface area contributed by atoms with Crippen molar-refractivity contribution in [2.75, 3.05) is 6.54 Å². The Kier molecular flexibility index (Phi) is 4.08. The van der Waals surface area contributed by atoms with Crippen LogP contribution in [0.5, 0.6) is 0 Å². The lowest BCUT2D eigenvalue weighted by Crippen LogP contribution is -2.49. The van der Waals surface area contributed by atoms with Crippen molar-refractivity contribution in [3.8, 4) is 11.3 Å². The molecule has 1 saturated heterocycles. The Hall–Kier alpha value is -2.17. The van der Waals surface area contributed by atoms with E-state index in [0.717, 1.165) is 24.9 Å². The van der Waals surface area contributed by atoms with Gasteiger partial charge >= 0.3 is 0 Å². The van der Waals surface area contributed by atoms with E-state index in [1.807, 2.05) is 0 Å². The van der Waals surface area contributed by atoms with Gasteiger partial charge < -0.3 is 4.90 Å². The molecule has 24 heavy (non-hydrogen) atoms. The number of amides is 1. The van der Waals surface area contributed by atoms with Crippen molar-refractivity contribution in [3.05, 3.63) is 41.8 Å². The molecule has 2 aliphatic rings. The summed E-state index contributed by atoms with van der Waals surface area (Å²) in [5.41, 5.74) is 2.01. The van der Waals surface area contributed by atoms with Crippen molar-refractivity contribution in [2.24, 2.45) is 5.92 Å². The number of hydrogen-bond donors (Lipinski definition) is 1. The first kappa shape index (κ1) is 15.4. The molecule has 1 aromatic carbocycles. The van der Waals surface area contributed by atoms with Crippen molar-refractivity contribution in [1.82, 2.24) is 15.1 Å². The molecule has 2 heterocycles. The minimum Gasteiger partial charge on any atom is -0.334 e. The molecule has 0 bridgehead atoms. The molecule has 4 nitrogen and oxygen atoms in total. The van der Waals surface area contributed by atoms with Crippen LogP contribution in [0.4, 0.5) is 4.39 Å². The van der Waals surface area contributed by atoms with Gasteiger partial charge in [-0.2, -0.15) is 5.10 Å². The molecule has 1 aromatic heterocycles. The topological polar surface area (TPSA) is 49.0 Å². The number of nitrogens with zero attached hydrogens (tertiary/aromatic N) is 2. The summed E-state index contributed by atoms with van der Waals surface area (Å²) in [6.45, 7) is 0.838. The molecule has 1 aliphatic heterocycles. The summed E-state index contributed by atoms with van der Waals surface area (Å²) in [6, 6.07) is 8.33. The van der Waals surface area contributed by atoms with E-state index >= 15 is 0 Å². The van der Waals surface area contributed by atoms with Gasteiger partial charge in [-0.3, -0.25) is 9.89 Å². The molecule has 0 unspecified atom stereocenters. The van der Waals surface area contributed by atoms with Crippen molar-refractivity contribution in [1.29, 1.82) is 0 Å². The number of fused-ring (bicyclic) bond motifs is 1. The lowest BCUT2D eigenvalue weighted by Gasteiger charge is -2.43. The number of hydrogen-bond acceptors (Lipinski definition) is 2. The molecule has 4 rings (SSSR count). The number of aromatic nitrogens is 2. The highest BCUT2D eigenvalue weighted by molar-refractivity contribution is 5.93. The van der Waals surface area contributed by atoms with E-state index in [2.05, 4.69) is 15.1 Å². The number of likely N-dealkylation sites (tertiary alicyclic amines) is 1. The van der Waals surface area contributed by atoms with E-state index in [-0.39, 0.29) is 11.7 Å². The van der Waals surface area contributed by atoms with E-state index in [0.29, 0.717) is 23.3 Å². The molecule has 126 valence electrons. The number of nitrogens with one attached hydrogen (secondary N) is 1. The summed E-state index contributed by atoms with van der Waals surface area (Å²) < 4.78 is 13.0. The quantitative estimate of drug-likeness (QED) is 0.906. The molecule has 1 saturated carbocycles. The van der Waals surface area contributed by atoms with Gasteiger partial charge in [0.05, 0.1) is 5.69 Å². The summed E-state index contributed by atoms with van der Waals surface area (Å²) in [5, 5.41) is 7.12. The lowest BCUT2D eigenvalue weighted by atomic mass is 9.78. The van der Waals surface area contributed by atoms with Crippen LogP contribution >= 0.6 is 0 Å². The molecule has 2 fully saturated rings. The average molecular weight is 327 g/mol. The molecular formula is C19H22FN3O. The van der Waals surface area contributed by atoms with E-state index in [1.165, 1.54) is 37.8 Å². The Labute approximate surface area is 141 Å². The zero-order valence-corrected chi connectivity index (χ0v) is 13.7. The second-order valence-corrected chi connectivity index (χ2v) is 6.93. The van der Waals surface area contributed by atoms with E-state index < -0.39 is 0 Å². The fourth-order valence-corrected chi connectivity index (χ4v) is 4.23. The third-order valence-electron chi connectivity index (χ3n) is 5.45. The van der Waals surface area contributed by atoms with Crippen LogP contribution in [0.2, 0.25) is 0 Å². The van der Waals surface area contributed by atoms with E-state index in [1.54, 1.807) is 18.2 Å². The maximum Gasteiger partial charge on any atom is 0.272 e. The van der Waals surface area contributed by atoms with Crippen LogP contribution in [0.15, 0.2) is 30.3 Å². The van der Waals surface area contributed by atoms with Crippen LogP contribution in [-0.4, -0.2) is 33.6 Å². The Balaban J connectivity index is 1.55. The van der Waals surface area contributed by atoms with Gasteiger partial charge in [-0.25, -0.2) is 4.39 Å². The number of carbonyl (C=O) groups is 1. The minimum absolute atomic E-state index is 0.0486. The first-order valence-electron chi connectivity index (χ1n) is 8.85. The number of piperidine rings is 1. The first-order valence-corrected chi connectivity index (χ1v) is 8.85. The zero-order valence-electron chi connectivity index (χ0n) is 13.7. The van der Waals surface area contributed by atoms with Gasteiger partial charge in [0, 0.05) is 18.2 Å². The van der Waals surface area contributed by atoms with Gasteiger partial charge in [0.25, 0.3) is 5.91 Å². The Morgan fingerprint density at radius 3 is 2.71 bits per heavy atom. The van der Waals surface area contributed by atoms with Crippen molar-refractivity contribution in [2.45, 2.75) is 44.6 Å². The van der Waals surface area contributed by atoms with Crippen LogP contribution < -0.4 is 0 Å². The standard InChI is InChI=1S/C19H22FN3O/c20-15-9-7-13(8-10-15)16-12-17(22-21-16)19(24)23-11-3-5-14-4-1-2-6-18(14)23/h7-10,12,14,18H,1-6,11H2,(H,21,22)/t14-,18+/m1/s1. The maximum absolute atomic E-state index is 13.0. The highest BCUT2D eigenvalue weighted by Gasteiger charge is 2.36. The van der Waals surface area contributed by atoms with Gasteiger partial charge in [-0.15, -0.1) is 0 Å². The third-order valence-corrected chi connectivity index (χ3v) is 5.45. The molecule has 1 N–H and O–H groups in total. The summed E-state index contributed by atoms with van der Waals surface area (Å²) in [4.78, 5) is 15.0. The average Bonchev–Trinajstić information content (AvgIpc) is 3.11. The van der Waals surface area contributed by atoms with E-state index in [4.69, 9.17) is 0 Å². The van der Waals surface area contributed by atoms with Crippen LogP contribution in [-0.2, 0) is 0 Å². The normalized spacial score (nSPS) is 23.8. The molecule has 1 amide bonds. The molecular weight excluding hydrogens is 305 g/mol. The predicted octanol–water partition coefficient (Wildman–Crippen LogP) is 4.01. The minimum atomic E-state index is -0.276. The largest absolute Gasteiger partial charge is 0.334 e. The monoisotopic (exact) mass is 327 g/mol. The Morgan fingerprint density at radius 2 is 1.88 bits per heavy atom. The van der Waals surface area contributed by atoms with Gasteiger partial charge in [-0.05, 0) is 61.9 Å². The van der Waals surface area contributed by atoms with Crippen LogP contribution in [0, 0.1) is 11.7 Å². The lowest BCUT2D eigenvalue weighted by molar-refractivity contribution is 0.0385. The smallest absolute Gasteiger partial charge is 0.272 e. The molecule has 5 heteroatoms. The van der Waals surface area contributed by atoms with Crippen LogP contribution in [0.1, 0.15) is 49.0 Å². The number of rotatable bonds is 2. The molecule has 1 aliphatic carbocycles. The predicted molar refractivity (Wildman–Crippen MR) is 90.0 cm³/mol. The maximum atomic E-state index is 13.0. The number of benzene rings is 1. The fraction of sp³-hybridized carbons (Fsp3) is 0.474. The van der Waals surface area contributed by atoms with Gasteiger partial charge in [0.2, 0.25) is 0 Å². The number of aromatic amines is 1. The summed E-state index contributed by atoms with van der Waals surface area (Å²) in [5.74, 6) is 0.436. The number of halogens is 1. The second kappa shape index (κ2) is 6.38. The number of carbonyl (C=O) groups excluding carboxylic acids is 1. The fourth-order valence-electron chi connectivity index (χ4n) is 4.23. The molecule has 2 atom stereocenters. The highest BCUT2D eigenvalue weighted by atomic mass is 19.1. The SMILES string of the molecule is O=C(c1cc(-c2ccc(F)cc2)n[nH]1)N1CCC[C@H]2CCCC[C@@H]21. The second-order valence-electron chi connectivity index (χ2n) is 6.93. The van der Waals surface area contributed by atoms with Gasteiger partial charge in [0.1, 0.15) is 11.5 Å². The zero-order chi connectivity index (χ0) is 16.5. The summed E-state index contributed by atoms with van der Waals surface area (Å²) >= 11 is 0.